The Morgan fingerprint density at radius 3 is 2.08 bits per heavy atom. The zero-order chi connectivity index (χ0) is 9.61. The van der Waals surface area contributed by atoms with Crippen LogP contribution < -0.4 is 0 Å². The van der Waals surface area contributed by atoms with Crippen molar-refractivity contribution in [2.45, 2.75) is 39.5 Å². The molecule has 1 unspecified atom stereocenters. The Hall–Kier alpha value is -0.0400. The first-order valence-electron chi connectivity index (χ1n) is 5.26. The number of unbranched alkanes of at least 4 members (excludes halogenated alkanes) is 1. The Balaban J connectivity index is 3.37. The van der Waals surface area contributed by atoms with E-state index < -0.39 is 0 Å². The van der Waals surface area contributed by atoms with Crippen LogP contribution in [0.15, 0.2) is 0 Å². The predicted octanol–water partition coefficient (Wildman–Crippen LogP) is 2.91. The van der Waals surface area contributed by atoms with E-state index >= 15 is 0 Å². The quantitative estimate of drug-likeness (QED) is 0.540. The summed E-state index contributed by atoms with van der Waals surface area (Å²) in [6, 6.07) is 0. The highest BCUT2D eigenvalue weighted by atomic mass is 15.3. The van der Waals surface area contributed by atoms with Gasteiger partial charge < -0.3 is 4.48 Å². The molecule has 0 aliphatic carbocycles. The van der Waals surface area contributed by atoms with Crippen LogP contribution in [-0.2, 0) is 0 Å². The molecule has 0 fully saturated rings. The van der Waals surface area contributed by atoms with Crippen molar-refractivity contribution in [1.29, 1.82) is 0 Å². The number of hydrogen-bond donors (Lipinski definition) is 0. The van der Waals surface area contributed by atoms with Crippen molar-refractivity contribution in [3.63, 3.8) is 0 Å². The second-order valence-corrected chi connectivity index (χ2v) is 5.05. The summed E-state index contributed by atoms with van der Waals surface area (Å²) in [6.07, 6.45) is 5.53. The molecule has 0 rings (SSSR count). The van der Waals surface area contributed by atoms with E-state index in [0.717, 1.165) is 10.4 Å². The molecule has 0 saturated heterocycles. The minimum Gasteiger partial charge on any atom is -0.331 e. The minimum absolute atomic E-state index is 0.919. The van der Waals surface area contributed by atoms with E-state index in [1.54, 1.807) is 0 Å². The fourth-order valence-electron chi connectivity index (χ4n) is 1.30. The van der Waals surface area contributed by atoms with Crippen LogP contribution in [0, 0.1) is 5.92 Å². The lowest BCUT2D eigenvalue weighted by atomic mass is 10.0. The topological polar surface area (TPSA) is 0 Å². The molecular formula is C11H26N+. The third-order valence-corrected chi connectivity index (χ3v) is 2.34. The highest BCUT2D eigenvalue weighted by Crippen LogP contribution is 2.12. The van der Waals surface area contributed by atoms with Gasteiger partial charge in [-0.1, -0.05) is 33.1 Å². The Morgan fingerprint density at radius 2 is 1.67 bits per heavy atom. The van der Waals surface area contributed by atoms with Crippen LogP contribution in [0.3, 0.4) is 0 Å². The summed E-state index contributed by atoms with van der Waals surface area (Å²) in [6.45, 7) is 5.96. The van der Waals surface area contributed by atoms with Gasteiger partial charge in [-0.3, -0.25) is 0 Å². The maximum Gasteiger partial charge on any atom is 0.0783 e. The van der Waals surface area contributed by atoms with Crippen LogP contribution in [0.5, 0.6) is 0 Å². The van der Waals surface area contributed by atoms with Crippen LogP contribution in [0.2, 0.25) is 0 Å². The van der Waals surface area contributed by atoms with Gasteiger partial charge in [0.15, 0.2) is 0 Å². The zero-order valence-electron chi connectivity index (χ0n) is 9.56. The summed E-state index contributed by atoms with van der Waals surface area (Å²) in [7, 11) is 6.81. The van der Waals surface area contributed by atoms with Crippen LogP contribution in [0.25, 0.3) is 0 Å². The summed E-state index contributed by atoms with van der Waals surface area (Å²) < 4.78 is 1.11. The van der Waals surface area contributed by atoms with Crippen molar-refractivity contribution in [3.8, 4) is 0 Å². The van der Waals surface area contributed by atoms with Crippen molar-refractivity contribution in [2.24, 2.45) is 5.92 Å². The van der Waals surface area contributed by atoms with Gasteiger partial charge in [-0.2, -0.15) is 0 Å². The molecule has 1 heteroatoms. The maximum absolute atomic E-state index is 2.38. The fraction of sp³-hybridized carbons (Fsp3) is 1.00. The maximum atomic E-state index is 2.38. The number of nitrogens with zero attached hydrogens (tertiary/aromatic N) is 1. The van der Waals surface area contributed by atoms with E-state index in [4.69, 9.17) is 0 Å². The average Bonchev–Trinajstić information content (AvgIpc) is 1.95. The first-order valence-corrected chi connectivity index (χ1v) is 5.26. The molecule has 0 saturated carbocycles. The van der Waals surface area contributed by atoms with Crippen molar-refractivity contribution < 1.29 is 4.48 Å². The summed E-state index contributed by atoms with van der Waals surface area (Å²) in [5.41, 5.74) is 0. The van der Waals surface area contributed by atoms with Crippen molar-refractivity contribution in [2.75, 3.05) is 27.7 Å². The van der Waals surface area contributed by atoms with Gasteiger partial charge in [-0.05, 0) is 12.3 Å². The van der Waals surface area contributed by atoms with Gasteiger partial charge in [0.25, 0.3) is 0 Å². The number of hydrogen-bond acceptors (Lipinski definition) is 0. The van der Waals surface area contributed by atoms with E-state index in [2.05, 4.69) is 35.0 Å². The Labute approximate surface area is 78.4 Å². The number of quaternary nitrogens is 1. The monoisotopic (exact) mass is 172 g/mol. The fourth-order valence-corrected chi connectivity index (χ4v) is 1.30. The molecule has 0 spiro atoms. The summed E-state index contributed by atoms with van der Waals surface area (Å²) in [4.78, 5) is 0. The Kier molecular flexibility index (Phi) is 5.56. The molecule has 0 aromatic rings. The molecule has 1 nitrogen and oxygen atoms in total. The van der Waals surface area contributed by atoms with Crippen LogP contribution in [0.4, 0.5) is 0 Å². The molecule has 1 atom stereocenters. The van der Waals surface area contributed by atoms with Gasteiger partial charge in [0.2, 0.25) is 0 Å². The normalized spacial score (nSPS) is 14.8. The molecule has 0 radical (unpaired) electrons. The van der Waals surface area contributed by atoms with Crippen LogP contribution in [0.1, 0.15) is 39.5 Å². The van der Waals surface area contributed by atoms with E-state index in [0.29, 0.717) is 0 Å². The molecule has 74 valence electrons. The van der Waals surface area contributed by atoms with Crippen molar-refractivity contribution in [3.05, 3.63) is 0 Å². The molecular weight excluding hydrogens is 146 g/mol. The molecule has 0 bridgehead atoms. The first-order chi connectivity index (χ1) is 5.45. The molecule has 0 aliphatic rings. The Bertz CT molecular complexity index is 102. The second kappa shape index (κ2) is 5.58. The van der Waals surface area contributed by atoms with Gasteiger partial charge in [0.05, 0.1) is 27.7 Å². The molecule has 0 heterocycles. The minimum atomic E-state index is 0.919. The molecule has 12 heavy (non-hydrogen) atoms. The third-order valence-electron chi connectivity index (χ3n) is 2.34. The van der Waals surface area contributed by atoms with E-state index in [1.807, 2.05) is 0 Å². The van der Waals surface area contributed by atoms with E-state index in [-0.39, 0.29) is 0 Å². The van der Waals surface area contributed by atoms with Crippen LogP contribution in [-0.4, -0.2) is 32.2 Å². The predicted molar refractivity (Wildman–Crippen MR) is 56.2 cm³/mol. The molecule has 0 aromatic heterocycles. The summed E-state index contributed by atoms with van der Waals surface area (Å²) in [5.74, 6) is 0.919. The van der Waals surface area contributed by atoms with Crippen LogP contribution >= 0.6 is 0 Å². The highest BCUT2D eigenvalue weighted by Gasteiger charge is 2.09. The summed E-state index contributed by atoms with van der Waals surface area (Å²) >= 11 is 0. The SMILES string of the molecule is CCCCC(C)CC[N+](C)(C)C. The van der Waals surface area contributed by atoms with Gasteiger partial charge in [0.1, 0.15) is 0 Å². The smallest absolute Gasteiger partial charge is 0.0783 e. The van der Waals surface area contributed by atoms with E-state index in [9.17, 15) is 0 Å². The number of rotatable bonds is 6. The lowest BCUT2D eigenvalue weighted by molar-refractivity contribution is -0.870. The Morgan fingerprint density at radius 1 is 1.08 bits per heavy atom. The molecule has 0 aliphatic heterocycles. The average molecular weight is 172 g/mol. The van der Waals surface area contributed by atoms with E-state index in [1.165, 1.54) is 32.2 Å². The highest BCUT2D eigenvalue weighted by molar-refractivity contribution is 4.52. The lowest BCUT2D eigenvalue weighted by Crippen LogP contribution is -2.36. The summed E-state index contributed by atoms with van der Waals surface area (Å²) in [5, 5.41) is 0. The van der Waals surface area contributed by atoms with Gasteiger partial charge >= 0.3 is 0 Å². The van der Waals surface area contributed by atoms with Gasteiger partial charge in [0, 0.05) is 0 Å². The van der Waals surface area contributed by atoms with Crippen molar-refractivity contribution in [1.82, 2.24) is 0 Å². The molecule has 0 N–H and O–H groups in total. The molecule has 0 aromatic carbocycles. The van der Waals surface area contributed by atoms with Gasteiger partial charge in [-0.25, -0.2) is 0 Å². The van der Waals surface area contributed by atoms with Gasteiger partial charge in [-0.15, -0.1) is 0 Å². The molecule has 0 amide bonds. The largest absolute Gasteiger partial charge is 0.331 e. The third kappa shape index (κ3) is 8.06. The second-order valence-electron chi connectivity index (χ2n) is 5.05. The first kappa shape index (κ1) is 12.0. The standard InChI is InChI=1S/C11H26N/c1-6-7-8-11(2)9-10-12(3,4)5/h11H,6-10H2,1-5H3/q+1. The van der Waals surface area contributed by atoms with Crippen molar-refractivity contribution >= 4 is 0 Å². The zero-order valence-corrected chi connectivity index (χ0v) is 9.56. The lowest BCUT2D eigenvalue weighted by Gasteiger charge is -2.25.